The summed E-state index contributed by atoms with van der Waals surface area (Å²) in [5.74, 6) is -1.18. The molecule has 0 spiro atoms. The Morgan fingerprint density at radius 3 is 2.41 bits per heavy atom. The SMILES string of the molecule is Nc1cc(-c2ccc(F)cc2C(F)(F)F)on1. The second-order valence-corrected chi connectivity index (χ2v) is 3.30. The third-order valence-electron chi connectivity index (χ3n) is 2.08. The molecule has 17 heavy (non-hydrogen) atoms. The molecule has 0 radical (unpaired) electrons. The Balaban J connectivity index is 2.61. The van der Waals surface area contributed by atoms with Gasteiger partial charge in [-0.2, -0.15) is 13.2 Å². The molecule has 90 valence electrons. The maximum Gasteiger partial charge on any atom is 0.417 e. The van der Waals surface area contributed by atoms with Crippen molar-refractivity contribution in [2.75, 3.05) is 5.73 Å². The van der Waals surface area contributed by atoms with Gasteiger partial charge in [0.25, 0.3) is 0 Å². The molecule has 1 aromatic carbocycles. The minimum absolute atomic E-state index is 0.0440. The summed E-state index contributed by atoms with van der Waals surface area (Å²) in [6.07, 6.45) is -4.68. The van der Waals surface area contributed by atoms with Crippen LogP contribution in [0.15, 0.2) is 28.8 Å². The first kappa shape index (κ1) is 11.4. The summed E-state index contributed by atoms with van der Waals surface area (Å²) in [6, 6.07) is 3.41. The maximum absolute atomic E-state index is 12.8. The molecule has 0 amide bonds. The summed E-state index contributed by atoms with van der Waals surface area (Å²) in [5, 5.41) is 3.28. The van der Waals surface area contributed by atoms with Crippen LogP contribution in [-0.2, 0) is 6.18 Å². The minimum atomic E-state index is -4.68. The topological polar surface area (TPSA) is 52.0 Å². The molecule has 1 heterocycles. The molecule has 2 aromatic rings. The van der Waals surface area contributed by atoms with Crippen LogP contribution in [0.3, 0.4) is 0 Å². The number of nitrogens with two attached hydrogens (primary N) is 1. The smallest absolute Gasteiger partial charge is 0.381 e. The maximum atomic E-state index is 12.8. The fourth-order valence-corrected chi connectivity index (χ4v) is 1.38. The number of hydrogen-bond acceptors (Lipinski definition) is 3. The largest absolute Gasteiger partial charge is 0.417 e. The number of halogens is 4. The van der Waals surface area contributed by atoms with Crippen molar-refractivity contribution < 1.29 is 22.1 Å². The van der Waals surface area contributed by atoms with Crippen molar-refractivity contribution >= 4 is 5.82 Å². The molecule has 0 unspecified atom stereocenters. The lowest BCUT2D eigenvalue weighted by Gasteiger charge is -2.10. The molecule has 7 heteroatoms. The number of hydrogen-bond donors (Lipinski definition) is 1. The van der Waals surface area contributed by atoms with E-state index in [2.05, 4.69) is 9.68 Å². The summed E-state index contributed by atoms with van der Waals surface area (Å²) in [6.45, 7) is 0. The summed E-state index contributed by atoms with van der Waals surface area (Å²) in [5.41, 5.74) is 3.81. The lowest BCUT2D eigenvalue weighted by atomic mass is 10.0. The number of benzene rings is 1. The molecule has 0 saturated carbocycles. The summed E-state index contributed by atoms with van der Waals surface area (Å²) in [7, 11) is 0. The Morgan fingerprint density at radius 1 is 1.18 bits per heavy atom. The number of rotatable bonds is 1. The van der Waals surface area contributed by atoms with Gasteiger partial charge in [-0.25, -0.2) is 4.39 Å². The second kappa shape index (κ2) is 3.76. The summed E-state index contributed by atoms with van der Waals surface area (Å²) < 4.78 is 55.4. The van der Waals surface area contributed by atoms with Crippen LogP contribution in [0.5, 0.6) is 0 Å². The van der Waals surface area contributed by atoms with E-state index in [-0.39, 0.29) is 17.1 Å². The van der Waals surface area contributed by atoms with Crippen molar-refractivity contribution in [3.8, 4) is 11.3 Å². The molecule has 0 fully saturated rings. The minimum Gasteiger partial charge on any atom is -0.381 e. The number of nitrogen functional groups attached to an aromatic ring is 1. The molecule has 0 aliphatic heterocycles. The zero-order valence-corrected chi connectivity index (χ0v) is 8.25. The quantitative estimate of drug-likeness (QED) is 0.786. The highest BCUT2D eigenvalue weighted by Crippen LogP contribution is 2.37. The van der Waals surface area contributed by atoms with Gasteiger partial charge in [-0.3, -0.25) is 0 Å². The van der Waals surface area contributed by atoms with Crippen molar-refractivity contribution in [1.29, 1.82) is 0 Å². The van der Waals surface area contributed by atoms with Crippen molar-refractivity contribution in [3.63, 3.8) is 0 Å². The van der Waals surface area contributed by atoms with Gasteiger partial charge in [0.2, 0.25) is 0 Å². The van der Waals surface area contributed by atoms with Crippen LogP contribution >= 0.6 is 0 Å². The normalized spacial score (nSPS) is 11.8. The van der Waals surface area contributed by atoms with Gasteiger partial charge in [0, 0.05) is 11.6 Å². The Kier molecular flexibility index (Phi) is 2.53. The first-order valence-corrected chi connectivity index (χ1v) is 4.47. The van der Waals surface area contributed by atoms with Crippen molar-refractivity contribution in [2.45, 2.75) is 6.18 Å². The predicted molar refractivity (Wildman–Crippen MR) is 51.3 cm³/mol. The molecule has 1 aromatic heterocycles. The molecular weight excluding hydrogens is 240 g/mol. The standard InChI is InChI=1S/C10H6F4N2O/c11-5-1-2-6(7(3-5)10(12,13)14)8-4-9(15)16-17-8/h1-4H,(H2,15,16). The summed E-state index contributed by atoms with van der Waals surface area (Å²) in [4.78, 5) is 0. The fraction of sp³-hybridized carbons (Fsp3) is 0.100. The number of nitrogens with zero attached hydrogens (tertiary/aromatic N) is 1. The molecule has 0 bridgehead atoms. The first-order valence-electron chi connectivity index (χ1n) is 4.47. The Bertz CT molecular complexity index is 547. The summed E-state index contributed by atoms with van der Waals surface area (Å²) >= 11 is 0. The number of aromatic nitrogens is 1. The van der Waals surface area contributed by atoms with Crippen molar-refractivity contribution in [3.05, 3.63) is 35.6 Å². The van der Waals surface area contributed by atoms with Gasteiger partial charge in [0.05, 0.1) is 5.56 Å². The Morgan fingerprint density at radius 2 is 1.88 bits per heavy atom. The highest BCUT2D eigenvalue weighted by Gasteiger charge is 2.35. The first-order chi connectivity index (χ1) is 7.88. The third-order valence-corrected chi connectivity index (χ3v) is 2.08. The molecular formula is C10H6F4N2O. The van der Waals surface area contributed by atoms with Gasteiger partial charge in [0.1, 0.15) is 5.82 Å². The van der Waals surface area contributed by atoms with Gasteiger partial charge >= 0.3 is 6.18 Å². The van der Waals surface area contributed by atoms with Crippen LogP contribution < -0.4 is 5.73 Å². The molecule has 0 saturated heterocycles. The molecule has 2 rings (SSSR count). The zero-order valence-electron chi connectivity index (χ0n) is 8.25. The molecule has 0 atom stereocenters. The van der Waals surface area contributed by atoms with E-state index >= 15 is 0 Å². The van der Waals surface area contributed by atoms with E-state index in [0.717, 1.165) is 18.2 Å². The van der Waals surface area contributed by atoms with E-state index < -0.39 is 17.6 Å². The highest BCUT2D eigenvalue weighted by atomic mass is 19.4. The monoisotopic (exact) mass is 246 g/mol. The van der Waals surface area contributed by atoms with E-state index in [4.69, 9.17) is 5.73 Å². The van der Waals surface area contributed by atoms with Crippen molar-refractivity contribution in [1.82, 2.24) is 5.16 Å². The van der Waals surface area contributed by atoms with E-state index in [1.54, 1.807) is 0 Å². The molecule has 0 aliphatic rings. The third kappa shape index (κ3) is 2.22. The van der Waals surface area contributed by atoms with E-state index in [9.17, 15) is 17.6 Å². The second-order valence-electron chi connectivity index (χ2n) is 3.30. The van der Waals surface area contributed by atoms with Crippen LogP contribution in [0, 0.1) is 5.82 Å². The number of anilines is 1. The lowest BCUT2D eigenvalue weighted by Crippen LogP contribution is -2.07. The van der Waals surface area contributed by atoms with Gasteiger partial charge < -0.3 is 10.3 Å². The van der Waals surface area contributed by atoms with Gasteiger partial charge in [-0.05, 0) is 18.2 Å². The lowest BCUT2D eigenvalue weighted by molar-refractivity contribution is -0.137. The van der Waals surface area contributed by atoms with Gasteiger partial charge in [0.15, 0.2) is 11.6 Å². The van der Waals surface area contributed by atoms with Gasteiger partial charge in [-0.15, -0.1) is 0 Å². The van der Waals surface area contributed by atoms with E-state index in [0.29, 0.717) is 6.07 Å². The van der Waals surface area contributed by atoms with Crippen LogP contribution in [-0.4, -0.2) is 5.16 Å². The Hall–Kier alpha value is -2.05. The average molecular weight is 246 g/mol. The molecule has 0 aliphatic carbocycles. The Labute approximate surface area is 92.8 Å². The van der Waals surface area contributed by atoms with E-state index in [1.165, 1.54) is 0 Å². The predicted octanol–water partition coefficient (Wildman–Crippen LogP) is 3.08. The molecule has 3 nitrogen and oxygen atoms in total. The van der Waals surface area contributed by atoms with E-state index in [1.807, 2.05) is 0 Å². The average Bonchev–Trinajstić information content (AvgIpc) is 2.63. The molecule has 2 N–H and O–H groups in total. The zero-order chi connectivity index (χ0) is 12.6. The van der Waals surface area contributed by atoms with Crippen LogP contribution in [0.2, 0.25) is 0 Å². The van der Waals surface area contributed by atoms with Gasteiger partial charge in [-0.1, -0.05) is 5.16 Å². The van der Waals surface area contributed by atoms with Crippen LogP contribution in [0.4, 0.5) is 23.4 Å². The van der Waals surface area contributed by atoms with Crippen molar-refractivity contribution in [2.24, 2.45) is 0 Å². The fourth-order valence-electron chi connectivity index (χ4n) is 1.38. The number of alkyl halides is 3. The highest BCUT2D eigenvalue weighted by molar-refractivity contribution is 5.64. The van der Waals surface area contributed by atoms with Crippen LogP contribution in [0.1, 0.15) is 5.56 Å². The van der Waals surface area contributed by atoms with Crippen LogP contribution in [0.25, 0.3) is 11.3 Å².